The molecule has 0 saturated carbocycles. The Morgan fingerprint density at radius 3 is 1.27 bits per heavy atom. The monoisotopic (exact) mass is 2310 g/mol. The summed E-state index contributed by atoms with van der Waals surface area (Å²) >= 11 is 12.9. The second kappa shape index (κ2) is 54.1. The number of hydrogen-bond donors (Lipinski definition) is 7. The van der Waals surface area contributed by atoms with Crippen LogP contribution in [0.5, 0.6) is 0 Å². The lowest BCUT2D eigenvalue weighted by atomic mass is 10.0. The zero-order valence-electron chi connectivity index (χ0n) is 78.6. The van der Waals surface area contributed by atoms with E-state index in [9.17, 15) is 80.2 Å². The zero-order valence-corrected chi connectivity index (χ0v) is 86.6. The number of carbonyl (C=O) groups is 12. The number of ketones is 1. The normalized spacial score (nSPS) is 16.7. The number of anilines is 3. The van der Waals surface area contributed by atoms with Gasteiger partial charge in [0.1, 0.15) is 139 Å². The zero-order chi connectivity index (χ0) is 103. The van der Waals surface area contributed by atoms with E-state index in [1.54, 1.807) is 146 Å². The molecule has 0 spiro atoms. The maximum atomic E-state index is 14.4. The minimum Gasteiger partial charge on any atom is -0.480 e. The molecule has 0 aliphatic carbocycles. The number of aryl methyl sites for hydroxylation is 4. The van der Waals surface area contributed by atoms with E-state index in [0.717, 1.165) is 9.58 Å². The molecule has 6 amide bonds. The number of hydrogen-bond acceptors (Lipinski definition) is 33. The summed E-state index contributed by atoms with van der Waals surface area (Å²) in [6.07, 6.45) is 8.46. The van der Waals surface area contributed by atoms with E-state index in [0.29, 0.717) is 92.6 Å². The number of carbonyl (C=O) groups excluding carboxylic acids is 10. The molecule has 8 atom stereocenters. The number of ether oxygens (including phenoxy) is 3. The van der Waals surface area contributed by atoms with E-state index < -0.39 is 121 Å². The fourth-order valence-corrected chi connectivity index (χ4v) is 16.2. The first-order valence-corrected chi connectivity index (χ1v) is 47.1. The number of carboxylic acid groups (broad SMARTS) is 2. The van der Waals surface area contributed by atoms with Crippen molar-refractivity contribution in [2.24, 2.45) is 0 Å². The van der Waals surface area contributed by atoms with Gasteiger partial charge < -0.3 is 66.5 Å². The van der Waals surface area contributed by atoms with Crippen LogP contribution in [0, 0.1) is 27.7 Å². The first kappa shape index (κ1) is 115. The third kappa shape index (κ3) is 31.9. The van der Waals surface area contributed by atoms with Gasteiger partial charge in [-0.25, -0.2) is 101 Å². The summed E-state index contributed by atoms with van der Waals surface area (Å²) in [7, 11) is 0. The van der Waals surface area contributed by atoms with Gasteiger partial charge in [-0.3, -0.25) is 52.4 Å². The lowest BCUT2D eigenvalue weighted by Crippen LogP contribution is -2.44. The number of nitrogens with one attached hydrogen (secondary N) is 4. The third-order valence-electron chi connectivity index (χ3n) is 21.3. The Morgan fingerprint density at radius 2 is 0.836 bits per heavy atom. The topological polar surface area (TPSA) is 592 Å². The highest BCUT2D eigenvalue weighted by Crippen LogP contribution is 2.32. The van der Waals surface area contributed by atoms with Crippen LogP contribution in [0.3, 0.4) is 0 Å². The fraction of sp³-hybridized carbons (Fsp3) is 0.341. The van der Waals surface area contributed by atoms with Gasteiger partial charge >= 0.3 is 29.8 Å². The van der Waals surface area contributed by atoms with Crippen molar-refractivity contribution >= 4 is 177 Å². The molecule has 4 aliphatic rings. The standard InChI is InChI=1S/C24H24BrFN6O4.C23H23BrFN7O4.C21H19BrFN7O4.C13H14N4O4.C10H11BrFN3O.2ClH.H3N/c1-3-36-24(35)18-12-31(30-23(18)15-9-27-14(2)28-10-15)13-22(34)32-11-16(26)7-19(32)20(33)8-17-5-4-6-21(25)29-17;1-3-36-23(35)16-8-17(14-9-26-13(2)27-10-14)32(30-16)12-21(33)31-11-15(25)7-18(31)22(34)29-20-6-4-5-19(24)28-20;1-11-24-7-12(8-25-11)15-6-14(21(33)34)28-30(15)10-19(31)29-9-13(23)5-16(29)20(32)27-18-4-2-3-17(22)26-18;1-3-21-13(20)11-4-10(16-17(11)7-12(18)19)9-5-14-8(2)15-6-9;11-8-2-1-3-9(14-8)15-10(16)7-4-6(12)5-13-7;;;/h4-6,9-10,12,16,19H,3,7-8,11,13H2,1-2H3;4-6,8-10,15,18H,3,7,11-12H2,1-2H3,(H,28,29,34);2-4,6-8,13,16H,5,9-10H2,1H3,(H,33,34)(H,26,27,32);4-6H,3,7H2,1-2H3,(H,18,19);1-3,6-7,13H,4-5H2,(H,14,15,16);2*1H;1H3/t16-,19+;15-,18+;13-,16+;;6-,7+;;;/m111.1.../s1. The molecule has 772 valence electrons. The van der Waals surface area contributed by atoms with Crippen molar-refractivity contribution in [1.29, 1.82) is 0 Å². The Morgan fingerprint density at radius 1 is 0.438 bits per heavy atom. The second-order valence-corrected chi connectivity index (χ2v) is 35.1. The van der Waals surface area contributed by atoms with Gasteiger partial charge in [0.25, 0.3) is 0 Å². The fourth-order valence-electron chi connectivity index (χ4n) is 14.7. The molecule has 0 unspecified atom stereocenters. The average Bonchev–Trinajstić information content (AvgIpc) is 1.66. The highest BCUT2D eigenvalue weighted by molar-refractivity contribution is 9.11. The van der Waals surface area contributed by atoms with E-state index in [2.05, 4.69) is 165 Å². The summed E-state index contributed by atoms with van der Waals surface area (Å²) in [5.74, 6) is -4.30. The van der Waals surface area contributed by atoms with E-state index >= 15 is 0 Å². The molecular formula is C91H96Br4Cl2F4N28O17. The Labute approximate surface area is 875 Å². The number of Topliss-reactive ketones (excluding diaryl/α,β-unsaturated/α-hetero) is 1. The number of pyridine rings is 4. The molecule has 0 bridgehead atoms. The number of amides is 6. The molecule has 9 N–H and O–H groups in total. The van der Waals surface area contributed by atoms with Gasteiger partial charge in [0.2, 0.25) is 35.4 Å². The predicted molar refractivity (Wildman–Crippen MR) is 533 cm³/mol. The van der Waals surface area contributed by atoms with Crippen LogP contribution in [-0.2, 0) is 85.2 Å². The Bertz CT molecular complexity index is 6650. The molecule has 45 nitrogen and oxygen atoms in total. The predicted octanol–water partition coefficient (Wildman–Crippen LogP) is 10.8. The van der Waals surface area contributed by atoms with Crippen LogP contribution >= 0.6 is 88.5 Å². The van der Waals surface area contributed by atoms with Gasteiger partial charge in [0, 0.05) is 116 Å². The molecule has 0 radical (unpaired) electrons. The van der Waals surface area contributed by atoms with Crippen molar-refractivity contribution in [2.75, 3.05) is 62.0 Å². The van der Waals surface area contributed by atoms with Gasteiger partial charge in [-0.05, 0) is 179 Å². The average molecular weight is 2320 g/mol. The van der Waals surface area contributed by atoms with E-state index in [1.165, 1.54) is 73.0 Å². The van der Waals surface area contributed by atoms with Crippen molar-refractivity contribution in [3.63, 3.8) is 0 Å². The highest BCUT2D eigenvalue weighted by Gasteiger charge is 2.44. The Kier molecular flexibility index (Phi) is 42.7. The smallest absolute Gasteiger partial charge is 0.358 e. The van der Waals surface area contributed by atoms with Gasteiger partial charge in [0.15, 0.2) is 17.2 Å². The van der Waals surface area contributed by atoms with E-state index in [1.807, 2.05) is 0 Å². The maximum absolute atomic E-state index is 14.4. The summed E-state index contributed by atoms with van der Waals surface area (Å²) in [6.45, 7) is 10.5. The molecular weight excluding hydrogens is 2220 g/mol. The van der Waals surface area contributed by atoms with Crippen LogP contribution in [0.1, 0.15) is 117 Å². The summed E-state index contributed by atoms with van der Waals surface area (Å²) in [6, 6.07) is 21.1. The molecule has 4 fully saturated rings. The summed E-state index contributed by atoms with van der Waals surface area (Å²) in [5, 5.41) is 45.6. The van der Waals surface area contributed by atoms with E-state index in [-0.39, 0.29) is 174 Å². The molecule has 4 saturated heterocycles. The molecule has 146 heavy (non-hydrogen) atoms. The number of carboxylic acids is 2. The molecule has 12 aromatic heterocycles. The third-order valence-corrected chi connectivity index (χ3v) is 23.1. The number of likely N-dealkylation sites (tertiary alicyclic amines) is 3. The van der Waals surface area contributed by atoms with Gasteiger partial charge in [-0.15, -0.1) is 24.8 Å². The summed E-state index contributed by atoms with van der Waals surface area (Å²) in [5.41, 5.74) is 3.93. The minimum absolute atomic E-state index is 0. The summed E-state index contributed by atoms with van der Waals surface area (Å²) in [4.78, 5) is 202. The van der Waals surface area contributed by atoms with Crippen LogP contribution in [-0.4, -0.2) is 290 Å². The van der Waals surface area contributed by atoms with E-state index in [4.69, 9.17) is 19.3 Å². The van der Waals surface area contributed by atoms with Crippen LogP contribution in [0.15, 0.2) is 165 Å². The number of aromatic carboxylic acids is 1. The van der Waals surface area contributed by atoms with Crippen molar-refractivity contribution in [3.8, 4) is 45.0 Å². The van der Waals surface area contributed by atoms with Crippen molar-refractivity contribution < 1.29 is 99.5 Å². The number of nitrogens with zero attached hydrogens (tertiary/aromatic N) is 23. The number of alkyl halides is 4. The molecule has 55 heteroatoms. The number of rotatable bonds is 28. The molecule has 0 aromatic carbocycles. The Balaban J connectivity index is 0.000000207. The number of halogens is 10. The van der Waals surface area contributed by atoms with Crippen LogP contribution < -0.4 is 27.4 Å². The molecule has 16 heterocycles. The Hall–Kier alpha value is -14.3. The lowest BCUT2D eigenvalue weighted by Gasteiger charge is -2.23. The number of aliphatic carboxylic acids is 1. The second-order valence-electron chi connectivity index (χ2n) is 31.8. The minimum atomic E-state index is -1.38. The first-order valence-electron chi connectivity index (χ1n) is 43.9. The van der Waals surface area contributed by atoms with Crippen LogP contribution in [0.2, 0.25) is 0 Å². The van der Waals surface area contributed by atoms with Crippen molar-refractivity contribution in [1.82, 2.24) is 125 Å². The van der Waals surface area contributed by atoms with Crippen molar-refractivity contribution in [2.45, 2.75) is 156 Å². The summed E-state index contributed by atoms with van der Waals surface area (Å²) < 4.78 is 78.0. The highest BCUT2D eigenvalue weighted by atomic mass is 79.9. The maximum Gasteiger partial charge on any atom is 0.358 e. The largest absolute Gasteiger partial charge is 0.480 e. The number of esters is 3. The van der Waals surface area contributed by atoms with Gasteiger partial charge in [-0.1, -0.05) is 24.3 Å². The molecule has 4 aliphatic heterocycles. The first-order chi connectivity index (χ1) is 68.4. The SMILES string of the molecule is CCOC(=O)c1cc(-c2cnc(C)nc2)n(CC(=O)N2C[C@H](F)C[C@H]2C(=O)Nc2cccc(Br)n2)n1.CCOC(=O)c1cc(-c2cnc(C)nc2)nn1CC(=O)O.CCOC(=O)c1cn(CC(=O)N2C[C@H](F)C[C@H]2C(=O)Cc2cccc(Br)n2)nc1-c1cnc(C)nc1.Cc1ncc(-c2cc(C(=O)O)nn2CC(=O)N2C[C@H](F)C[C@H]2C(=O)Nc2cccc(Br)n2)cn1.Cl.Cl.N.O=C(Nc1cccc(Br)n1)[C@@H]1C[C@@H](F)CN1. The molecule has 16 rings (SSSR count). The molecule has 12 aromatic rings. The number of aromatic nitrogens is 20. The van der Waals surface area contributed by atoms with Gasteiger partial charge in [0.05, 0.1) is 75.0 Å². The van der Waals surface area contributed by atoms with Crippen LogP contribution in [0.4, 0.5) is 35.0 Å². The van der Waals surface area contributed by atoms with Gasteiger partial charge in [-0.2, -0.15) is 20.4 Å². The van der Waals surface area contributed by atoms with Crippen molar-refractivity contribution in [3.05, 3.63) is 217 Å². The van der Waals surface area contributed by atoms with Crippen LogP contribution in [0.25, 0.3) is 45.0 Å². The lowest BCUT2D eigenvalue weighted by molar-refractivity contribution is -0.138. The quantitative estimate of drug-likeness (QED) is 0.0104.